The highest BCUT2D eigenvalue weighted by atomic mass is 16.5. The second-order valence-corrected chi connectivity index (χ2v) is 7.77. The van der Waals surface area contributed by atoms with Gasteiger partial charge in [0.1, 0.15) is 18.3 Å². The summed E-state index contributed by atoms with van der Waals surface area (Å²) in [5.41, 5.74) is 2.69. The number of nitrogens with one attached hydrogen (secondary N) is 3. The van der Waals surface area contributed by atoms with Crippen LogP contribution in [-0.2, 0) is 17.9 Å². The summed E-state index contributed by atoms with van der Waals surface area (Å²) in [7, 11) is 5.71. The van der Waals surface area contributed by atoms with Gasteiger partial charge in [-0.15, -0.1) is 0 Å². The third-order valence-electron chi connectivity index (χ3n) is 4.70. The van der Waals surface area contributed by atoms with Crippen molar-refractivity contribution in [2.24, 2.45) is 5.92 Å². The fourth-order valence-corrected chi connectivity index (χ4v) is 3.16. The maximum atomic E-state index is 12.9. The first kappa shape index (κ1) is 22.4. The van der Waals surface area contributed by atoms with Crippen molar-refractivity contribution in [3.63, 3.8) is 0 Å². The van der Waals surface area contributed by atoms with Gasteiger partial charge in [0.25, 0.3) is 5.91 Å². The van der Waals surface area contributed by atoms with E-state index < -0.39 is 6.04 Å². The standard InChI is InChI=1S/C23H31N3O3/c1-16(2)21(25-22(27)19-12-8-9-13-20(19)29-5)23(28)24-14-17-10-6-7-11-18(17)15-26(3)4/h6-13,16,21H,14-15H2,1-5H3,(H,24,28)(H,25,27)/p+1/t21-/m0/s1. The lowest BCUT2D eigenvalue weighted by Crippen LogP contribution is -3.04. The zero-order valence-corrected chi connectivity index (χ0v) is 17.9. The van der Waals surface area contributed by atoms with Crippen LogP contribution in [0, 0.1) is 5.92 Å². The SMILES string of the molecule is COc1ccccc1C(=O)N[C@H](C(=O)NCc1ccccc1C[NH+](C)C)C(C)C. The Morgan fingerprint density at radius 1 is 1.00 bits per heavy atom. The highest BCUT2D eigenvalue weighted by molar-refractivity contribution is 5.99. The first-order valence-corrected chi connectivity index (χ1v) is 9.90. The molecule has 0 aromatic heterocycles. The molecule has 0 fully saturated rings. The van der Waals surface area contributed by atoms with Gasteiger partial charge in [-0.05, 0) is 23.6 Å². The Hall–Kier alpha value is -2.86. The largest absolute Gasteiger partial charge is 0.496 e. The Bertz CT molecular complexity index is 834. The lowest BCUT2D eigenvalue weighted by Gasteiger charge is -2.22. The van der Waals surface area contributed by atoms with Crippen LogP contribution in [0.15, 0.2) is 48.5 Å². The number of carbonyl (C=O) groups is 2. The summed E-state index contributed by atoms with van der Waals surface area (Å²) in [5.74, 6) is -0.105. The minimum Gasteiger partial charge on any atom is -0.496 e. The first-order chi connectivity index (χ1) is 13.8. The van der Waals surface area contributed by atoms with Crippen molar-refractivity contribution in [3.05, 3.63) is 65.2 Å². The Balaban J connectivity index is 2.08. The van der Waals surface area contributed by atoms with E-state index in [4.69, 9.17) is 4.74 Å². The van der Waals surface area contributed by atoms with Gasteiger partial charge in [-0.3, -0.25) is 9.59 Å². The number of carbonyl (C=O) groups excluding carboxylic acids is 2. The maximum Gasteiger partial charge on any atom is 0.255 e. The average Bonchev–Trinajstić information content (AvgIpc) is 2.70. The summed E-state index contributed by atoms with van der Waals surface area (Å²) in [6.45, 7) is 5.13. The summed E-state index contributed by atoms with van der Waals surface area (Å²) in [6.07, 6.45) is 0. The van der Waals surface area contributed by atoms with Crippen LogP contribution >= 0.6 is 0 Å². The van der Waals surface area contributed by atoms with E-state index >= 15 is 0 Å². The normalized spacial score (nSPS) is 12.0. The predicted molar refractivity (Wildman–Crippen MR) is 114 cm³/mol. The minimum absolute atomic E-state index is 0.0601. The van der Waals surface area contributed by atoms with Gasteiger partial charge >= 0.3 is 0 Å². The van der Waals surface area contributed by atoms with Crippen molar-refractivity contribution in [1.82, 2.24) is 10.6 Å². The zero-order valence-electron chi connectivity index (χ0n) is 17.9. The number of para-hydroxylation sites is 1. The van der Waals surface area contributed by atoms with Gasteiger partial charge in [0.05, 0.1) is 26.8 Å². The number of amides is 2. The molecule has 0 saturated carbocycles. The van der Waals surface area contributed by atoms with E-state index in [2.05, 4.69) is 30.8 Å². The van der Waals surface area contributed by atoms with Crippen LogP contribution < -0.4 is 20.3 Å². The highest BCUT2D eigenvalue weighted by Gasteiger charge is 2.25. The number of hydrogen-bond acceptors (Lipinski definition) is 3. The number of quaternary nitrogens is 1. The Morgan fingerprint density at radius 3 is 2.24 bits per heavy atom. The van der Waals surface area contributed by atoms with Crippen molar-refractivity contribution in [3.8, 4) is 5.75 Å². The number of benzene rings is 2. The van der Waals surface area contributed by atoms with E-state index in [-0.39, 0.29) is 17.7 Å². The molecule has 0 aliphatic carbocycles. The molecule has 0 saturated heterocycles. The molecular formula is C23H32N3O3+. The summed E-state index contributed by atoms with van der Waals surface area (Å²) in [6, 6.07) is 14.4. The van der Waals surface area contributed by atoms with E-state index in [9.17, 15) is 9.59 Å². The van der Waals surface area contributed by atoms with Gasteiger partial charge in [0.15, 0.2) is 0 Å². The molecule has 0 heterocycles. The van der Waals surface area contributed by atoms with Crippen molar-refractivity contribution < 1.29 is 19.2 Å². The molecule has 2 amide bonds. The summed E-state index contributed by atoms with van der Waals surface area (Å²) in [4.78, 5) is 26.9. The van der Waals surface area contributed by atoms with Gasteiger partial charge < -0.3 is 20.3 Å². The number of hydrogen-bond donors (Lipinski definition) is 3. The van der Waals surface area contributed by atoms with Crippen molar-refractivity contribution >= 4 is 11.8 Å². The Labute approximate surface area is 173 Å². The molecule has 156 valence electrons. The van der Waals surface area contributed by atoms with E-state index in [0.717, 1.165) is 12.1 Å². The van der Waals surface area contributed by atoms with Crippen LogP contribution in [0.5, 0.6) is 5.75 Å². The van der Waals surface area contributed by atoms with Gasteiger partial charge in [-0.25, -0.2) is 0 Å². The third kappa shape index (κ3) is 6.32. The molecule has 0 radical (unpaired) electrons. The minimum atomic E-state index is -0.640. The molecule has 1 atom stereocenters. The smallest absolute Gasteiger partial charge is 0.255 e. The first-order valence-electron chi connectivity index (χ1n) is 9.90. The van der Waals surface area contributed by atoms with Crippen LogP contribution in [0.4, 0.5) is 0 Å². The Kier molecular flexibility index (Phi) is 8.21. The molecular weight excluding hydrogens is 366 g/mol. The molecule has 29 heavy (non-hydrogen) atoms. The van der Waals surface area contributed by atoms with Crippen LogP contribution in [0.3, 0.4) is 0 Å². The molecule has 0 aliphatic rings. The predicted octanol–water partition coefficient (Wildman–Crippen LogP) is 1.41. The molecule has 2 aromatic carbocycles. The summed E-state index contributed by atoms with van der Waals surface area (Å²) < 4.78 is 5.26. The highest BCUT2D eigenvalue weighted by Crippen LogP contribution is 2.18. The molecule has 3 N–H and O–H groups in total. The van der Waals surface area contributed by atoms with Crippen LogP contribution in [0.2, 0.25) is 0 Å². The van der Waals surface area contributed by atoms with E-state index in [1.54, 1.807) is 24.3 Å². The topological polar surface area (TPSA) is 71.9 Å². The molecule has 6 nitrogen and oxygen atoms in total. The zero-order chi connectivity index (χ0) is 21.4. The summed E-state index contributed by atoms with van der Waals surface area (Å²) in [5, 5.41) is 5.84. The van der Waals surface area contributed by atoms with E-state index in [1.165, 1.54) is 17.6 Å². The lowest BCUT2D eigenvalue weighted by molar-refractivity contribution is -0.872. The molecule has 0 bridgehead atoms. The van der Waals surface area contributed by atoms with Crippen molar-refractivity contribution in [2.45, 2.75) is 33.0 Å². The molecule has 6 heteroatoms. The molecule has 0 aliphatic heterocycles. The fourth-order valence-electron chi connectivity index (χ4n) is 3.16. The molecule has 0 spiro atoms. The van der Waals surface area contributed by atoms with Crippen molar-refractivity contribution in [1.29, 1.82) is 0 Å². The van der Waals surface area contributed by atoms with Crippen LogP contribution in [-0.4, -0.2) is 39.1 Å². The van der Waals surface area contributed by atoms with Crippen LogP contribution in [0.1, 0.15) is 35.3 Å². The quantitative estimate of drug-likeness (QED) is 0.598. The van der Waals surface area contributed by atoms with Gasteiger partial charge in [-0.1, -0.05) is 50.2 Å². The third-order valence-corrected chi connectivity index (χ3v) is 4.70. The fraction of sp³-hybridized carbons (Fsp3) is 0.391. The van der Waals surface area contributed by atoms with E-state index in [0.29, 0.717) is 17.9 Å². The molecule has 2 rings (SSSR count). The second-order valence-electron chi connectivity index (χ2n) is 7.77. The number of ether oxygens (including phenoxy) is 1. The maximum absolute atomic E-state index is 12.9. The summed E-state index contributed by atoms with van der Waals surface area (Å²) >= 11 is 0. The lowest BCUT2D eigenvalue weighted by atomic mass is 10.0. The van der Waals surface area contributed by atoms with Gasteiger partial charge in [0.2, 0.25) is 5.91 Å². The van der Waals surface area contributed by atoms with Crippen LogP contribution in [0.25, 0.3) is 0 Å². The number of rotatable bonds is 9. The molecule has 0 unspecified atom stereocenters. The molecule has 2 aromatic rings. The van der Waals surface area contributed by atoms with Gasteiger partial charge in [-0.2, -0.15) is 0 Å². The second kappa shape index (κ2) is 10.6. The van der Waals surface area contributed by atoms with Gasteiger partial charge in [0, 0.05) is 12.1 Å². The number of methoxy groups -OCH3 is 1. The van der Waals surface area contributed by atoms with E-state index in [1.807, 2.05) is 32.0 Å². The van der Waals surface area contributed by atoms with Crippen molar-refractivity contribution in [2.75, 3.05) is 21.2 Å². The Morgan fingerprint density at radius 2 is 1.62 bits per heavy atom. The average molecular weight is 399 g/mol. The monoisotopic (exact) mass is 398 g/mol.